The first-order chi connectivity index (χ1) is 11.6. The van der Waals surface area contributed by atoms with Crippen LogP contribution in [0.3, 0.4) is 0 Å². The Balaban J connectivity index is 1.35. The van der Waals surface area contributed by atoms with Crippen molar-refractivity contribution in [3.63, 3.8) is 0 Å². The highest BCUT2D eigenvalue weighted by Gasteiger charge is 2.42. The van der Waals surface area contributed by atoms with E-state index in [2.05, 4.69) is 17.2 Å². The molecule has 5 heteroatoms. The SMILES string of the molecule is C[C@H](Sc1nc2ccccc2o1)C(=O)N[C@H](C)[C@@H]1C[C@H]2CC[C@H]1C2. The third kappa shape index (κ3) is 3.06. The molecule has 2 bridgehead atoms. The normalized spacial score (nSPS) is 28.2. The molecule has 2 aliphatic rings. The molecule has 24 heavy (non-hydrogen) atoms. The number of aromatic nitrogens is 1. The van der Waals surface area contributed by atoms with Crippen LogP contribution >= 0.6 is 11.8 Å². The lowest BCUT2D eigenvalue weighted by atomic mass is 9.84. The van der Waals surface area contributed by atoms with Crippen LogP contribution in [0.25, 0.3) is 11.1 Å². The summed E-state index contributed by atoms with van der Waals surface area (Å²) in [7, 11) is 0. The minimum atomic E-state index is -0.209. The summed E-state index contributed by atoms with van der Waals surface area (Å²) in [6.07, 6.45) is 5.41. The van der Waals surface area contributed by atoms with Gasteiger partial charge in [-0.05, 0) is 63.0 Å². The number of carbonyl (C=O) groups is 1. The van der Waals surface area contributed by atoms with E-state index in [1.165, 1.54) is 37.4 Å². The molecule has 128 valence electrons. The Morgan fingerprint density at radius 1 is 1.29 bits per heavy atom. The van der Waals surface area contributed by atoms with Gasteiger partial charge < -0.3 is 9.73 Å². The second-order valence-corrected chi connectivity index (χ2v) is 8.64. The van der Waals surface area contributed by atoms with E-state index in [9.17, 15) is 4.79 Å². The predicted molar refractivity (Wildman–Crippen MR) is 95.9 cm³/mol. The van der Waals surface area contributed by atoms with Crippen molar-refractivity contribution >= 4 is 28.8 Å². The van der Waals surface area contributed by atoms with Crippen molar-refractivity contribution in [3.8, 4) is 0 Å². The molecule has 1 amide bonds. The van der Waals surface area contributed by atoms with Crippen molar-refractivity contribution in [2.75, 3.05) is 0 Å². The highest BCUT2D eigenvalue weighted by atomic mass is 32.2. The van der Waals surface area contributed by atoms with Crippen molar-refractivity contribution in [1.82, 2.24) is 10.3 Å². The van der Waals surface area contributed by atoms with E-state index in [-0.39, 0.29) is 17.2 Å². The minimum Gasteiger partial charge on any atom is -0.431 e. The summed E-state index contributed by atoms with van der Waals surface area (Å²) in [6.45, 7) is 4.09. The number of carbonyl (C=O) groups excluding carboxylic acids is 1. The molecule has 2 aromatic rings. The fourth-order valence-corrected chi connectivity index (χ4v) is 5.23. The van der Waals surface area contributed by atoms with Crippen LogP contribution in [0.15, 0.2) is 33.9 Å². The lowest BCUT2D eigenvalue weighted by Gasteiger charge is -2.29. The predicted octanol–water partition coefficient (Wildman–Crippen LogP) is 4.25. The summed E-state index contributed by atoms with van der Waals surface area (Å²) < 4.78 is 5.71. The number of thioether (sulfide) groups is 1. The number of para-hydroxylation sites is 2. The molecular formula is C19H24N2O2S. The number of hydrogen-bond donors (Lipinski definition) is 1. The molecule has 0 spiro atoms. The zero-order valence-corrected chi connectivity index (χ0v) is 15.0. The van der Waals surface area contributed by atoms with E-state index in [4.69, 9.17) is 4.42 Å². The van der Waals surface area contributed by atoms with Gasteiger partial charge in [0.15, 0.2) is 5.58 Å². The summed E-state index contributed by atoms with van der Waals surface area (Å²) in [5.41, 5.74) is 1.60. The molecule has 0 aliphatic heterocycles. The molecule has 4 nitrogen and oxygen atoms in total. The van der Waals surface area contributed by atoms with Crippen molar-refractivity contribution in [2.45, 2.75) is 56.0 Å². The van der Waals surface area contributed by atoms with E-state index >= 15 is 0 Å². The summed E-state index contributed by atoms with van der Waals surface area (Å²) in [5, 5.41) is 3.58. The third-order valence-electron chi connectivity index (χ3n) is 5.73. The van der Waals surface area contributed by atoms with Crippen molar-refractivity contribution < 1.29 is 9.21 Å². The van der Waals surface area contributed by atoms with Crippen LogP contribution < -0.4 is 5.32 Å². The lowest BCUT2D eigenvalue weighted by Crippen LogP contribution is -2.43. The smallest absolute Gasteiger partial charge is 0.257 e. The van der Waals surface area contributed by atoms with E-state index < -0.39 is 0 Å². The molecule has 5 atom stereocenters. The van der Waals surface area contributed by atoms with Crippen LogP contribution in [0.5, 0.6) is 0 Å². The number of oxazole rings is 1. The molecule has 0 radical (unpaired) electrons. The number of amides is 1. The first-order valence-electron chi connectivity index (χ1n) is 8.92. The average Bonchev–Trinajstić information content (AvgIpc) is 3.28. The van der Waals surface area contributed by atoms with Crippen molar-refractivity contribution in [2.24, 2.45) is 17.8 Å². The number of hydrogen-bond acceptors (Lipinski definition) is 4. The Morgan fingerprint density at radius 3 is 2.83 bits per heavy atom. The molecule has 2 saturated carbocycles. The van der Waals surface area contributed by atoms with Crippen molar-refractivity contribution in [1.29, 1.82) is 0 Å². The Hall–Kier alpha value is -1.49. The monoisotopic (exact) mass is 344 g/mol. The van der Waals surface area contributed by atoms with Gasteiger partial charge in [-0.25, -0.2) is 4.98 Å². The third-order valence-corrected chi connectivity index (χ3v) is 6.67. The Labute approximate surface area is 146 Å². The molecule has 1 aromatic carbocycles. The van der Waals surface area contributed by atoms with Gasteiger partial charge in [-0.3, -0.25) is 4.79 Å². The number of nitrogens with one attached hydrogen (secondary N) is 1. The molecule has 1 aromatic heterocycles. The summed E-state index contributed by atoms with van der Waals surface area (Å²) >= 11 is 1.39. The van der Waals surface area contributed by atoms with Gasteiger partial charge >= 0.3 is 0 Å². The zero-order chi connectivity index (χ0) is 16.7. The highest BCUT2D eigenvalue weighted by Crippen LogP contribution is 2.49. The van der Waals surface area contributed by atoms with Gasteiger partial charge in [0.1, 0.15) is 5.52 Å². The molecule has 0 saturated heterocycles. The second-order valence-electron chi connectivity index (χ2n) is 7.34. The van der Waals surface area contributed by atoms with Crippen molar-refractivity contribution in [3.05, 3.63) is 24.3 Å². The maximum Gasteiger partial charge on any atom is 0.257 e. The van der Waals surface area contributed by atoms with Crippen LogP contribution in [0, 0.1) is 17.8 Å². The quantitative estimate of drug-likeness (QED) is 0.824. The van der Waals surface area contributed by atoms with E-state index in [1.807, 2.05) is 31.2 Å². The van der Waals surface area contributed by atoms with E-state index in [1.54, 1.807) is 0 Å². The van der Waals surface area contributed by atoms with Crippen LogP contribution in [-0.2, 0) is 4.79 Å². The first-order valence-corrected chi connectivity index (χ1v) is 9.80. The van der Waals surface area contributed by atoms with E-state index in [0.29, 0.717) is 11.1 Å². The summed E-state index contributed by atoms with van der Waals surface area (Å²) in [6, 6.07) is 7.94. The maximum absolute atomic E-state index is 12.5. The number of nitrogens with zero attached hydrogens (tertiary/aromatic N) is 1. The minimum absolute atomic E-state index is 0.0810. The van der Waals surface area contributed by atoms with Crippen LogP contribution in [0.1, 0.15) is 39.5 Å². The Kier molecular flexibility index (Phi) is 4.29. The first kappa shape index (κ1) is 16.0. The van der Waals surface area contributed by atoms with Gasteiger partial charge in [0, 0.05) is 6.04 Å². The van der Waals surface area contributed by atoms with Crippen LogP contribution in [0.4, 0.5) is 0 Å². The van der Waals surface area contributed by atoms with Gasteiger partial charge in [-0.15, -0.1) is 0 Å². The van der Waals surface area contributed by atoms with Gasteiger partial charge in [-0.1, -0.05) is 30.3 Å². The summed E-state index contributed by atoms with van der Waals surface area (Å²) in [5.74, 6) is 2.47. The molecule has 1 heterocycles. The van der Waals surface area contributed by atoms with Crippen LogP contribution in [-0.4, -0.2) is 22.2 Å². The molecule has 1 N–H and O–H groups in total. The number of benzene rings is 1. The van der Waals surface area contributed by atoms with Gasteiger partial charge in [0.05, 0.1) is 5.25 Å². The Bertz CT molecular complexity index is 711. The fraction of sp³-hybridized carbons (Fsp3) is 0.579. The maximum atomic E-state index is 12.5. The zero-order valence-electron chi connectivity index (χ0n) is 14.2. The largest absolute Gasteiger partial charge is 0.431 e. The standard InChI is InChI=1S/C19H24N2O2S/c1-11(15-10-13-7-8-14(15)9-13)20-18(22)12(2)24-19-21-16-5-3-4-6-17(16)23-19/h3-6,11-15H,7-10H2,1-2H3,(H,20,22)/t11-,12+,13+,14+,15+/m1/s1. The van der Waals surface area contributed by atoms with E-state index in [0.717, 1.165) is 22.9 Å². The van der Waals surface area contributed by atoms with Gasteiger partial charge in [0.2, 0.25) is 5.91 Å². The molecule has 0 unspecified atom stereocenters. The summed E-state index contributed by atoms with van der Waals surface area (Å²) in [4.78, 5) is 17.0. The lowest BCUT2D eigenvalue weighted by molar-refractivity contribution is -0.121. The Morgan fingerprint density at radius 2 is 2.12 bits per heavy atom. The number of rotatable bonds is 5. The van der Waals surface area contributed by atoms with Gasteiger partial charge in [-0.2, -0.15) is 0 Å². The molecule has 2 fully saturated rings. The fourth-order valence-electron chi connectivity index (χ4n) is 4.46. The van der Waals surface area contributed by atoms with Gasteiger partial charge in [0.25, 0.3) is 5.22 Å². The van der Waals surface area contributed by atoms with Crippen LogP contribution in [0.2, 0.25) is 0 Å². The molecule has 2 aliphatic carbocycles. The topological polar surface area (TPSA) is 55.1 Å². The second kappa shape index (κ2) is 6.43. The molecule has 4 rings (SSSR count). The average molecular weight is 344 g/mol. The number of fused-ring (bicyclic) bond motifs is 3. The molecular weight excluding hydrogens is 320 g/mol. The highest BCUT2D eigenvalue weighted by molar-refractivity contribution is 8.00.